The van der Waals surface area contributed by atoms with Gasteiger partial charge < -0.3 is 16.8 Å². The van der Waals surface area contributed by atoms with E-state index in [2.05, 4.69) is 5.32 Å². The Morgan fingerprint density at radius 3 is 2.74 bits per heavy atom. The minimum Gasteiger partial charge on any atom is -0.397 e. The molecule has 0 aliphatic rings. The lowest BCUT2D eigenvalue weighted by Gasteiger charge is -2.02. The van der Waals surface area contributed by atoms with Gasteiger partial charge in [-0.3, -0.25) is 9.59 Å². The number of carbonyl (C=O) groups is 2. The van der Waals surface area contributed by atoms with Crippen molar-refractivity contribution in [3.63, 3.8) is 0 Å². The summed E-state index contributed by atoms with van der Waals surface area (Å²) in [6.45, 7) is 0.190. The second kappa shape index (κ2) is 5.46. The molecule has 2 amide bonds. The highest BCUT2D eigenvalue weighted by Crippen LogP contribution is 2.37. The van der Waals surface area contributed by atoms with Crippen molar-refractivity contribution < 1.29 is 9.59 Å². The predicted octanol–water partition coefficient (Wildman–Crippen LogP) is 1.74. The van der Waals surface area contributed by atoms with Crippen LogP contribution in [0.15, 0.2) is 18.2 Å². The van der Waals surface area contributed by atoms with Gasteiger partial charge in [0.25, 0.3) is 5.91 Å². The van der Waals surface area contributed by atoms with E-state index in [1.54, 1.807) is 12.1 Å². The lowest BCUT2D eigenvalue weighted by Crippen LogP contribution is -2.27. The molecule has 0 atom stereocenters. The standard InChI is InChI=1S/C12H12ClN3O2S/c13-6-2-1-3-7-9(6)10(15)11(19-7)12(18)16-5-4-8(14)17/h1-3H,4-5,15H2,(H2,14,17)(H,16,18). The molecule has 0 aliphatic carbocycles. The van der Waals surface area contributed by atoms with Crippen LogP contribution in [0.25, 0.3) is 10.1 Å². The molecule has 0 radical (unpaired) electrons. The highest BCUT2D eigenvalue weighted by atomic mass is 35.5. The second-order valence-corrected chi connectivity index (χ2v) is 5.39. The third-order valence-electron chi connectivity index (χ3n) is 2.56. The zero-order valence-corrected chi connectivity index (χ0v) is 11.5. The van der Waals surface area contributed by atoms with Crippen LogP contribution in [-0.4, -0.2) is 18.4 Å². The van der Waals surface area contributed by atoms with Crippen molar-refractivity contribution in [3.05, 3.63) is 28.1 Å². The van der Waals surface area contributed by atoms with Gasteiger partial charge in [-0.25, -0.2) is 0 Å². The topological polar surface area (TPSA) is 98.2 Å². The number of benzene rings is 1. The van der Waals surface area contributed by atoms with E-state index in [0.29, 0.717) is 21.0 Å². The summed E-state index contributed by atoms with van der Waals surface area (Å²) in [5, 5.41) is 3.80. The van der Waals surface area contributed by atoms with Crippen molar-refractivity contribution in [2.24, 2.45) is 5.73 Å². The quantitative estimate of drug-likeness (QED) is 0.801. The first-order valence-corrected chi connectivity index (χ1v) is 6.73. The number of halogens is 1. The molecule has 100 valence electrons. The fourth-order valence-electron chi connectivity index (χ4n) is 1.68. The lowest BCUT2D eigenvalue weighted by molar-refractivity contribution is -0.117. The predicted molar refractivity (Wildman–Crippen MR) is 77.4 cm³/mol. The number of rotatable bonds is 4. The maximum absolute atomic E-state index is 12.0. The number of thiophene rings is 1. The number of nitrogens with two attached hydrogens (primary N) is 2. The Bertz CT molecular complexity index is 654. The minimum absolute atomic E-state index is 0.0945. The fourth-order valence-corrected chi connectivity index (χ4v) is 3.08. The molecule has 2 rings (SSSR count). The number of hydrogen-bond donors (Lipinski definition) is 3. The van der Waals surface area contributed by atoms with Crippen LogP contribution in [0.3, 0.4) is 0 Å². The van der Waals surface area contributed by atoms with Gasteiger partial charge in [0, 0.05) is 23.1 Å². The number of carbonyl (C=O) groups excluding carboxylic acids is 2. The maximum atomic E-state index is 12.0. The zero-order chi connectivity index (χ0) is 14.0. The maximum Gasteiger partial charge on any atom is 0.263 e. The number of anilines is 1. The van der Waals surface area contributed by atoms with Crippen molar-refractivity contribution >= 4 is 50.5 Å². The van der Waals surface area contributed by atoms with Crippen molar-refractivity contribution in [3.8, 4) is 0 Å². The molecular formula is C12H12ClN3O2S. The highest BCUT2D eigenvalue weighted by molar-refractivity contribution is 7.21. The van der Waals surface area contributed by atoms with Crippen LogP contribution in [0.1, 0.15) is 16.1 Å². The van der Waals surface area contributed by atoms with E-state index in [1.807, 2.05) is 6.07 Å². The summed E-state index contributed by atoms with van der Waals surface area (Å²) >= 11 is 7.33. The molecule has 0 fully saturated rings. The van der Waals surface area contributed by atoms with Gasteiger partial charge in [-0.15, -0.1) is 11.3 Å². The van der Waals surface area contributed by atoms with Crippen molar-refractivity contribution in [1.29, 1.82) is 0 Å². The number of amides is 2. The molecule has 5 nitrogen and oxygen atoms in total. The van der Waals surface area contributed by atoms with Gasteiger partial charge in [0.15, 0.2) is 0 Å². The Kier molecular flexibility index (Phi) is 3.92. The zero-order valence-electron chi connectivity index (χ0n) is 9.90. The smallest absolute Gasteiger partial charge is 0.263 e. The summed E-state index contributed by atoms with van der Waals surface area (Å²) in [7, 11) is 0. The molecule has 0 aliphatic heterocycles. The van der Waals surface area contributed by atoms with Crippen LogP contribution >= 0.6 is 22.9 Å². The van der Waals surface area contributed by atoms with E-state index in [4.69, 9.17) is 23.1 Å². The third-order valence-corrected chi connectivity index (χ3v) is 4.05. The van der Waals surface area contributed by atoms with Gasteiger partial charge in [-0.05, 0) is 12.1 Å². The summed E-state index contributed by atoms with van der Waals surface area (Å²) in [6, 6.07) is 5.37. The van der Waals surface area contributed by atoms with E-state index in [1.165, 1.54) is 11.3 Å². The minimum atomic E-state index is -0.465. The fraction of sp³-hybridized carbons (Fsp3) is 0.167. The van der Waals surface area contributed by atoms with Gasteiger partial charge in [0.1, 0.15) is 4.88 Å². The first-order valence-electron chi connectivity index (χ1n) is 5.53. The molecule has 0 spiro atoms. The summed E-state index contributed by atoms with van der Waals surface area (Å²) < 4.78 is 0.852. The van der Waals surface area contributed by atoms with Crippen LogP contribution in [0, 0.1) is 0 Å². The molecule has 1 heterocycles. The molecule has 5 N–H and O–H groups in total. The first kappa shape index (κ1) is 13.6. The molecule has 2 aromatic rings. The molecule has 1 aromatic carbocycles. The number of primary amides is 1. The first-order chi connectivity index (χ1) is 9.00. The van der Waals surface area contributed by atoms with Crippen molar-refractivity contribution in [2.75, 3.05) is 12.3 Å². The van der Waals surface area contributed by atoms with Crippen LogP contribution < -0.4 is 16.8 Å². The highest BCUT2D eigenvalue weighted by Gasteiger charge is 2.17. The summed E-state index contributed by atoms with van der Waals surface area (Å²) in [5.41, 5.74) is 11.3. The van der Waals surface area contributed by atoms with E-state index in [-0.39, 0.29) is 18.9 Å². The summed E-state index contributed by atoms with van der Waals surface area (Å²) in [4.78, 5) is 22.9. The summed E-state index contributed by atoms with van der Waals surface area (Å²) in [6.07, 6.45) is 0.0945. The average Bonchev–Trinajstić information content (AvgIpc) is 2.67. The lowest BCUT2D eigenvalue weighted by atomic mass is 10.2. The molecule has 1 aromatic heterocycles. The molecule has 0 unspecified atom stereocenters. The largest absolute Gasteiger partial charge is 0.397 e. The molecule has 0 saturated heterocycles. The van der Waals surface area contributed by atoms with Gasteiger partial charge >= 0.3 is 0 Å². The Balaban J connectivity index is 2.25. The number of fused-ring (bicyclic) bond motifs is 1. The Morgan fingerprint density at radius 1 is 1.37 bits per heavy atom. The van der Waals surface area contributed by atoms with E-state index in [9.17, 15) is 9.59 Å². The average molecular weight is 298 g/mol. The normalized spacial score (nSPS) is 10.6. The molecule has 0 saturated carbocycles. The Hall–Kier alpha value is -1.79. The second-order valence-electron chi connectivity index (χ2n) is 3.93. The van der Waals surface area contributed by atoms with Gasteiger partial charge in [-0.2, -0.15) is 0 Å². The number of hydrogen-bond acceptors (Lipinski definition) is 4. The number of nitrogens with one attached hydrogen (secondary N) is 1. The van der Waals surface area contributed by atoms with Crippen LogP contribution in [-0.2, 0) is 4.79 Å². The molecule has 7 heteroatoms. The van der Waals surface area contributed by atoms with E-state index < -0.39 is 5.91 Å². The van der Waals surface area contributed by atoms with Crippen LogP contribution in [0.5, 0.6) is 0 Å². The monoisotopic (exact) mass is 297 g/mol. The SMILES string of the molecule is NC(=O)CCNC(=O)c1sc2cccc(Cl)c2c1N. The Morgan fingerprint density at radius 2 is 2.11 bits per heavy atom. The van der Waals surface area contributed by atoms with Crippen LogP contribution in [0.4, 0.5) is 5.69 Å². The molecule has 0 bridgehead atoms. The molecular weight excluding hydrogens is 286 g/mol. The van der Waals surface area contributed by atoms with Gasteiger partial charge in [0.2, 0.25) is 5.91 Å². The van der Waals surface area contributed by atoms with Gasteiger partial charge in [-0.1, -0.05) is 17.7 Å². The van der Waals surface area contributed by atoms with Crippen molar-refractivity contribution in [1.82, 2.24) is 5.32 Å². The number of nitrogen functional groups attached to an aromatic ring is 1. The third kappa shape index (κ3) is 2.80. The molecule has 19 heavy (non-hydrogen) atoms. The van der Waals surface area contributed by atoms with Crippen LogP contribution in [0.2, 0.25) is 5.02 Å². The van der Waals surface area contributed by atoms with Gasteiger partial charge in [0.05, 0.1) is 10.7 Å². The summed E-state index contributed by atoms with van der Waals surface area (Å²) in [5.74, 6) is -0.788. The van der Waals surface area contributed by atoms with E-state index in [0.717, 1.165) is 4.70 Å². The van der Waals surface area contributed by atoms with E-state index >= 15 is 0 Å². The Labute approximate surface area is 118 Å². The van der Waals surface area contributed by atoms with Crippen molar-refractivity contribution in [2.45, 2.75) is 6.42 Å².